The lowest BCUT2D eigenvalue weighted by Crippen LogP contribution is -2.42. The highest BCUT2D eigenvalue weighted by Crippen LogP contribution is 2.19. The van der Waals surface area contributed by atoms with E-state index in [1.54, 1.807) is 13.8 Å². The average Bonchev–Trinajstić information content (AvgIpc) is 2.62. The Morgan fingerprint density at radius 2 is 1.80 bits per heavy atom. The van der Waals surface area contributed by atoms with Crippen molar-refractivity contribution >= 4 is 5.91 Å². The minimum Gasteiger partial charge on any atom is -0.386 e. The van der Waals surface area contributed by atoms with Gasteiger partial charge >= 0.3 is 0 Å². The van der Waals surface area contributed by atoms with Gasteiger partial charge in [-0.15, -0.1) is 0 Å². The van der Waals surface area contributed by atoms with Crippen molar-refractivity contribution in [2.45, 2.75) is 38.7 Å². The van der Waals surface area contributed by atoms with Crippen molar-refractivity contribution in [1.82, 2.24) is 5.32 Å². The Balaban J connectivity index is 1.88. The number of benzene rings is 2. The van der Waals surface area contributed by atoms with E-state index in [-0.39, 0.29) is 12.2 Å². The Hall–Kier alpha value is -2.31. The predicted molar refractivity (Wildman–Crippen MR) is 89.6 cm³/mol. The van der Waals surface area contributed by atoms with Gasteiger partial charge in [-0.25, -0.2) is 8.78 Å². The van der Waals surface area contributed by atoms with E-state index >= 15 is 0 Å². The zero-order valence-corrected chi connectivity index (χ0v) is 14.1. The molecule has 0 aliphatic heterocycles. The maximum absolute atomic E-state index is 13.3. The minimum absolute atomic E-state index is 0.185. The Morgan fingerprint density at radius 3 is 2.44 bits per heavy atom. The fraction of sp³-hybridized carbons (Fsp3) is 0.316. The van der Waals surface area contributed by atoms with Crippen LogP contribution in [0.25, 0.3) is 0 Å². The fourth-order valence-corrected chi connectivity index (χ4v) is 2.28. The molecule has 0 bridgehead atoms. The zero-order valence-electron chi connectivity index (χ0n) is 14.1. The van der Waals surface area contributed by atoms with E-state index in [4.69, 9.17) is 4.74 Å². The molecule has 2 aromatic carbocycles. The highest BCUT2D eigenvalue weighted by atomic mass is 19.2. The standard InChI is InChI=1S/C19H21F2NO3/c1-12(18(23)15-8-9-16(20)17(21)10-15)22-19(24)13(2)25-11-14-6-4-3-5-7-14/h3-10,12-13,18,23H,11H2,1-2H3,(H,22,24). The number of amides is 1. The number of ether oxygens (including phenoxy) is 1. The summed E-state index contributed by atoms with van der Waals surface area (Å²) in [5.74, 6) is -2.43. The highest BCUT2D eigenvalue weighted by Gasteiger charge is 2.22. The topological polar surface area (TPSA) is 58.6 Å². The van der Waals surface area contributed by atoms with Gasteiger partial charge in [0.05, 0.1) is 18.8 Å². The lowest BCUT2D eigenvalue weighted by Gasteiger charge is -2.23. The first-order chi connectivity index (χ1) is 11.9. The van der Waals surface area contributed by atoms with Gasteiger partial charge in [0.1, 0.15) is 6.10 Å². The summed E-state index contributed by atoms with van der Waals surface area (Å²) in [6.45, 7) is 3.47. The van der Waals surface area contributed by atoms with Gasteiger partial charge in [0.15, 0.2) is 11.6 Å². The quantitative estimate of drug-likeness (QED) is 0.808. The number of nitrogens with one attached hydrogen (secondary N) is 1. The number of aliphatic hydroxyl groups is 1. The Morgan fingerprint density at radius 1 is 1.12 bits per heavy atom. The van der Waals surface area contributed by atoms with Gasteiger partial charge < -0.3 is 15.2 Å². The van der Waals surface area contributed by atoms with E-state index in [1.807, 2.05) is 30.3 Å². The molecule has 0 fully saturated rings. The second-order valence-electron chi connectivity index (χ2n) is 5.85. The van der Waals surface area contributed by atoms with Crippen LogP contribution in [-0.2, 0) is 16.1 Å². The van der Waals surface area contributed by atoms with Gasteiger partial charge in [0, 0.05) is 0 Å². The van der Waals surface area contributed by atoms with E-state index in [9.17, 15) is 18.7 Å². The number of hydrogen-bond acceptors (Lipinski definition) is 3. The number of rotatable bonds is 7. The van der Waals surface area contributed by atoms with Crippen molar-refractivity contribution < 1.29 is 23.4 Å². The van der Waals surface area contributed by atoms with Crippen LogP contribution in [0.1, 0.15) is 31.1 Å². The van der Waals surface area contributed by atoms with E-state index in [0.717, 1.165) is 17.7 Å². The summed E-state index contributed by atoms with van der Waals surface area (Å²) in [5.41, 5.74) is 1.13. The molecule has 3 unspecified atom stereocenters. The molecule has 6 heteroatoms. The van der Waals surface area contributed by atoms with Crippen LogP contribution in [-0.4, -0.2) is 23.2 Å². The molecule has 2 rings (SSSR count). The summed E-state index contributed by atoms with van der Waals surface area (Å²) >= 11 is 0. The summed E-state index contributed by atoms with van der Waals surface area (Å²) < 4.78 is 31.7. The molecule has 0 aromatic heterocycles. The van der Waals surface area contributed by atoms with Crippen LogP contribution in [0.15, 0.2) is 48.5 Å². The number of carbonyl (C=O) groups is 1. The van der Waals surface area contributed by atoms with E-state index in [0.29, 0.717) is 0 Å². The Labute approximate surface area is 145 Å². The van der Waals surface area contributed by atoms with Crippen molar-refractivity contribution in [3.8, 4) is 0 Å². The normalized spacial score (nSPS) is 14.6. The third kappa shape index (κ3) is 5.34. The van der Waals surface area contributed by atoms with Crippen LogP contribution >= 0.6 is 0 Å². The summed E-state index contributed by atoms with van der Waals surface area (Å²) in [5, 5.41) is 12.8. The van der Waals surface area contributed by atoms with Crippen LogP contribution in [0.3, 0.4) is 0 Å². The number of hydrogen-bond donors (Lipinski definition) is 2. The molecule has 0 aliphatic rings. The van der Waals surface area contributed by atoms with Crippen LogP contribution in [0.4, 0.5) is 8.78 Å². The van der Waals surface area contributed by atoms with Crippen LogP contribution in [0.5, 0.6) is 0 Å². The van der Waals surface area contributed by atoms with Crippen molar-refractivity contribution in [2.24, 2.45) is 0 Å². The average molecular weight is 349 g/mol. The van der Waals surface area contributed by atoms with Gasteiger partial charge in [0.25, 0.3) is 0 Å². The van der Waals surface area contributed by atoms with E-state index in [1.165, 1.54) is 6.07 Å². The third-order valence-corrected chi connectivity index (χ3v) is 3.84. The van der Waals surface area contributed by atoms with Crippen molar-refractivity contribution in [3.63, 3.8) is 0 Å². The van der Waals surface area contributed by atoms with Crippen molar-refractivity contribution in [3.05, 3.63) is 71.3 Å². The monoisotopic (exact) mass is 349 g/mol. The van der Waals surface area contributed by atoms with Gasteiger partial charge in [-0.05, 0) is 37.1 Å². The zero-order chi connectivity index (χ0) is 18.4. The maximum atomic E-state index is 13.3. The first-order valence-corrected chi connectivity index (χ1v) is 7.97. The third-order valence-electron chi connectivity index (χ3n) is 3.84. The van der Waals surface area contributed by atoms with Gasteiger partial charge in [0.2, 0.25) is 5.91 Å². The molecule has 2 N–H and O–H groups in total. The first kappa shape index (κ1) is 19.0. The largest absolute Gasteiger partial charge is 0.386 e. The van der Waals surface area contributed by atoms with E-state index < -0.39 is 35.8 Å². The SMILES string of the molecule is CC(OCc1ccccc1)C(=O)NC(C)C(O)c1ccc(F)c(F)c1. The van der Waals surface area contributed by atoms with Crippen LogP contribution < -0.4 is 5.32 Å². The second-order valence-corrected chi connectivity index (χ2v) is 5.85. The fourth-order valence-electron chi connectivity index (χ4n) is 2.28. The molecule has 0 spiro atoms. The summed E-state index contributed by atoms with van der Waals surface area (Å²) in [4.78, 5) is 12.2. The molecule has 25 heavy (non-hydrogen) atoms. The van der Waals surface area contributed by atoms with Crippen molar-refractivity contribution in [1.29, 1.82) is 0 Å². The smallest absolute Gasteiger partial charge is 0.249 e. The summed E-state index contributed by atoms with van der Waals surface area (Å²) in [7, 11) is 0. The molecule has 1 amide bonds. The van der Waals surface area contributed by atoms with Gasteiger partial charge in [-0.3, -0.25) is 4.79 Å². The molecule has 4 nitrogen and oxygen atoms in total. The maximum Gasteiger partial charge on any atom is 0.249 e. The molecule has 0 saturated carbocycles. The summed E-state index contributed by atoms with van der Waals surface area (Å²) in [6.07, 6.45) is -1.89. The highest BCUT2D eigenvalue weighted by molar-refractivity contribution is 5.80. The molecule has 0 saturated heterocycles. The Kier molecular flexibility index (Phi) is 6.61. The van der Waals surface area contributed by atoms with Gasteiger partial charge in [-0.1, -0.05) is 36.4 Å². The Bertz CT molecular complexity index is 709. The predicted octanol–water partition coefficient (Wildman–Crippen LogP) is 3.11. The van der Waals surface area contributed by atoms with Gasteiger partial charge in [-0.2, -0.15) is 0 Å². The van der Waals surface area contributed by atoms with E-state index in [2.05, 4.69) is 5.32 Å². The molecule has 3 atom stereocenters. The number of halogens is 2. The lowest BCUT2D eigenvalue weighted by atomic mass is 10.0. The lowest BCUT2D eigenvalue weighted by molar-refractivity contribution is -0.134. The number of aliphatic hydroxyl groups excluding tert-OH is 1. The first-order valence-electron chi connectivity index (χ1n) is 7.97. The molecule has 0 aliphatic carbocycles. The number of carbonyl (C=O) groups excluding carboxylic acids is 1. The second kappa shape index (κ2) is 8.69. The molecule has 0 heterocycles. The molecular weight excluding hydrogens is 328 g/mol. The van der Waals surface area contributed by atoms with Crippen LogP contribution in [0, 0.1) is 11.6 Å². The minimum atomic E-state index is -1.17. The molecule has 0 radical (unpaired) electrons. The molecular formula is C19H21F2NO3. The summed E-state index contributed by atoms with van der Waals surface area (Å²) in [6, 6.07) is 11.9. The molecule has 2 aromatic rings. The molecule has 134 valence electrons. The van der Waals surface area contributed by atoms with Crippen LogP contribution in [0.2, 0.25) is 0 Å². The van der Waals surface area contributed by atoms with Crippen molar-refractivity contribution in [2.75, 3.05) is 0 Å².